The number of ether oxygens (including phenoxy) is 2. The van der Waals surface area contributed by atoms with Gasteiger partial charge in [0.15, 0.2) is 0 Å². The zero-order valence-electron chi connectivity index (χ0n) is 19.1. The molecular weight excluding hydrogens is 420 g/mol. The molecule has 0 amide bonds. The van der Waals surface area contributed by atoms with E-state index < -0.39 is 0 Å². The Bertz CT molecular complexity index is 1260. The topological polar surface area (TPSA) is 38.7 Å². The van der Waals surface area contributed by atoms with Crippen molar-refractivity contribution in [2.45, 2.75) is 19.4 Å². The third-order valence-electron chi connectivity index (χ3n) is 6.18. The molecule has 0 aromatic heterocycles. The first kappa shape index (κ1) is 22.0. The minimum absolute atomic E-state index is 0.319. The van der Waals surface area contributed by atoms with Crippen LogP contribution >= 0.6 is 0 Å². The summed E-state index contributed by atoms with van der Waals surface area (Å²) in [6.45, 7) is 1.64. The molecule has 4 aromatic carbocycles. The molecule has 0 heterocycles. The quantitative estimate of drug-likeness (QED) is 0.298. The van der Waals surface area contributed by atoms with Gasteiger partial charge in [-0.05, 0) is 76.1 Å². The second kappa shape index (κ2) is 10.4. The van der Waals surface area contributed by atoms with E-state index in [0.29, 0.717) is 25.6 Å². The van der Waals surface area contributed by atoms with E-state index in [2.05, 4.69) is 48.5 Å². The van der Waals surface area contributed by atoms with Crippen LogP contribution in [0.25, 0.3) is 11.1 Å². The van der Waals surface area contributed by atoms with Crippen molar-refractivity contribution in [3.63, 3.8) is 0 Å². The summed E-state index contributed by atoms with van der Waals surface area (Å²) in [7, 11) is 0. The predicted octanol–water partition coefficient (Wildman–Crippen LogP) is 6.89. The van der Waals surface area contributed by atoms with E-state index >= 15 is 0 Å². The molecule has 1 N–H and O–H groups in total. The molecule has 0 radical (unpaired) electrons. The molecular formula is C31H28O3. The molecule has 0 aliphatic heterocycles. The first-order valence-electron chi connectivity index (χ1n) is 11.7. The Morgan fingerprint density at radius 2 is 1.41 bits per heavy atom. The number of aromatic hydroxyl groups is 1. The van der Waals surface area contributed by atoms with Crippen molar-refractivity contribution in [2.24, 2.45) is 0 Å². The summed E-state index contributed by atoms with van der Waals surface area (Å²) in [5.41, 5.74) is 8.49. The highest BCUT2D eigenvalue weighted by Gasteiger charge is 2.21. The highest BCUT2D eigenvalue weighted by molar-refractivity contribution is 6.00. The Hall–Kier alpha value is -3.82. The lowest BCUT2D eigenvalue weighted by Crippen LogP contribution is -2.07. The molecule has 0 bridgehead atoms. The standard InChI is InChI=1S/C31H28O3/c32-27-14-18-30-26(21-27)13-17-29(24-9-5-2-6-10-24)31(30)25-11-15-28(16-12-25)34-20-19-33-22-23-7-3-1-4-8-23/h1-12,14-16,18,21,32H,13,17,19-20,22H2. The van der Waals surface area contributed by atoms with Crippen molar-refractivity contribution in [3.05, 3.63) is 131 Å². The molecule has 5 rings (SSSR count). The summed E-state index contributed by atoms with van der Waals surface area (Å²) < 4.78 is 11.6. The van der Waals surface area contributed by atoms with Crippen LogP contribution in [0.15, 0.2) is 103 Å². The van der Waals surface area contributed by atoms with Gasteiger partial charge in [-0.3, -0.25) is 0 Å². The van der Waals surface area contributed by atoms with Crippen molar-refractivity contribution in [1.82, 2.24) is 0 Å². The van der Waals surface area contributed by atoms with E-state index in [1.807, 2.05) is 48.5 Å². The Morgan fingerprint density at radius 1 is 0.676 bits per heavy atom. The van der Waals surface area contributed by atoms with Crippen LogP contribution in [0.5, 0.6) is 11.5 Å². The highest BCUT2D eigenvalue weighted by atomic mass is 16.5. The van der Waals surface area contributed by atoms with Gasteiger partial charge >= 0.3 is 0 Å². The first-order chi connectivity index (χ1) is 16.8. The van der Waals surface area contributed by atoms with Gasteiger partial charge in [-0.25, -0.2) is 0 Å². The Balaban J connectivity index is 1.32. The van der Waals surface area contributed by atoms with Gasteiger partial charge in [0.1, 0.15) is 18.1 Å². The third-order valence-corrected chi connectivity index (χ3v) is 6.18. The molecule has 3 heteroatoms. The summed E-state index contributed by atoms with van der Waals surface area (Å²) in [4.78, 5) is 0. The average Bonchev–Trinajstić information content (AvgIpc) is 2.89. The maximum absolute atomic E-state index is 10.0. The van der Waals surface area contributed by atoms with Crippen molar-refractivity contribution in [3.8, 4) is 11.5 Å². The minimum Gasteiger partial charge on any atom is -0.508 e. The van der Waals surface area contributed by atoms with Crippen molar-refractivity contribution < 1.29 is 14.6 Å². The minimum atomic E-state index is 0.319. The molecule has 170 valence electrons. The monoisotopic (exact) mass is 448 g/mol. The van der Waals surface area contributed by atoms with Crippen LogP contribution in [-0.4, -0.2) is 18.3 Å². The molecule has 0 saturated carbocycles. The van der Waals surface area contributed by atoms with Crippen LogP contribution in [0.3, 0.4) is 0 Å². The molecule has 0 saturated heterocycles. The van der Waals surface area contributed by atoms with Crippen molar-refractivity contribution >= 4 is 11.1 Å². The van der Waals surface area contributed by atoms with E-state index in [-0.39, 0.29) is 0 Å². The van der Waals surface area contributed by atoms with Gasteiger partial charge in [-0.2, -0.15) is 0 Å². The second-order valence-corrected chi connectivity index (χ2v) is 8.47. The van der Waals surface area contributed by atoms with Crippen LogP contribution in [0.1, 0.15) is 34.2 Å². The predicted molar refractivity (Wildman–Crippen MR) is 137 cm³/mol. The summed E-state index contributed by atoms with van der Waals surface area (Å²) in [6.07, 6.45) is 1.86. The SMILES string of the molecule is Oc1ccc2c(c1)CCC(c1ccccc1)=C2c1ccc(OCCOCc2ccccc2)cc1. The van der Waals surface area contributed by atoms with Crippen molar-refractivity contribution in [1.29, 1.82) is 0 Å². The Morgan fingerprint density at radius 3 is 2.18 bits per heavy atom. The zero-order chi connectivity index (χ0) is 23.2. The van der Waals surface area contributed by atoms with E-state index in [4.69, 9.17) is 9.47 Å². The lowest BCUT2D eigenvalue weighted by molar-refractivity contribution is 0.0889. The molecule has 0 spiro atoms. The van der Waals surface area contributed by atoms with E-state index in [1.165, 1.54) is 27.8 Å². The molecule has 34 heavy (non-hydrogen) atoms. The molecule has 0 atom stereocenters. The normalized spacial score (nSPS) is 12.9. The molecule has 1 aliphatic rings. The highest BCUT2D eigenvalue weighted by Crippen LogP contribution is 2.41. The molecule has 0 unspecified atom stereocenters. The lowest BCUT2D eigenvalue weighted by atomic mass is 9.79. The van der Waals surface area contributed by atoms with Crippen molar-refractivity contribution in [2.75, 3.05) is 13.2 Å². The van der Waals surface area contributed by atoms with Gasteiger partial charge < -0.3 is 14.6 Å². The maximum Gasteiger partial charge on any atom is 0.119 e. The number of phenolic OH excluding ortho intramolecular Hbond substituents is 1. The van der Waals surface area contributed by atoms with Gasteiger partial charge in [0, 0.05) is 0 Å². The number of phenols is 1. The van der Waals surface area contributed by atoms with Crippen LogP contribution in [0.4, 0.5) is 0 Å². The molecule has 3 nitrogen and oxygen atoms in total. The molecule has 0 fully saturated rings. The summed E-state index contributed by atoms with van der Waals surface area (Å²) >= 11 is 0. The van der Waals surface area contributed by atoms with Gasteiger partial charge in [0.2, 0.25) is 0 Å². The van der Waals surface area contributed by atoms with Crippen LogP contribution < -0.4 is 4.74 Å². The number of rotatable bonds is 8. The number of benzene rings is 4. The molecule has 4 aromatic rings. The summed E-state index contributed by atoms with van der Waals surface area (Å²) in [5.74, 6) is 1.15. The fourth-order valence-electron chi connectivity index (χ4n) is 4.54. The number of allylic oxidation sites excluding steroid dienone is 1. The number of hydrogen-bond acceptors (Lipinski definition) is 3. The zero-order valence-corrected chi connectivity index (χ0v) is 19.1. The average molecular weight is 449 g/mol. The van der Waals surface area contributed by atoms with Gasteiger partial charge in [-0.15, -0.1) is 0 Å². The number of fused-ring (bicyclic) bond motifs is 1. The Labute approximate surface area is 200 Å². The molecule has 1 aliphatic carbocycles. The summed E-state index contributed by atoms with van der Waals surface area (Å²) in [5, 5.41) is 10.0. The van der Waals surface area contributed by atoms with E-state index in [9.17, 15) is 5.11 Å². The Kier molecular flexibility index (Phi) is 6.73. The second-order valence-electron chi connectivity index (χ2n) is 8.47. The lowest BCUT2D eigenvalue weighted by Gasteiger charge is -2.25. The smallest absolute Gasteiger partial charge is 0.119 e. The summed E-state index contributed by atoms with van der Waals surface area (Å²) in [6, 6.07) is 34.7. The van der Waals surface area contributed by atoms with Crippen LogP contribution in [-0.2, 0) is 17.8 Å². The van der Waals surface area contributed by atoms with Gasteiger partial charge in [-0.1, -0.05) is 78.9 Å². The first-order valence-corrected chi connectivity index (χ1v) is 11.7. The fourth-order valence-corrected chi connectivity index (χ4v) is 4.54. The van der Waals surface area contributed by atoms with Crippen LogP contribution in [0.2, 0.25) is 0 Å². The van der Waals surface area contributed by atoms with E-state index in [1.54, 1.807) is 6.07 Å². The van der Waals surface area contributed by atoms with Crippen LogP contribution in [0, 0.1) is 0 Å². The fraction of sp³-hybridized carbons (Fsp3) is 0.161. The van der Waals surface area contributed by atoms with Gasteiger partial charge in [0.25, 0.3) is 0 Å². The van der Waals surface area contributed by atoms with Gasteiger partial charge in [0.05, 0.1) is 13.2 Å². The van der Waals surface area contributed by atoms with E-state index in [0.717, 1.165) is 29.7 Å². The number of hydrogen-bond donors (Lipinski definition) is 1. The number of aryl methyl sites for hydroxylation is 1. The third kappa shape index (κ3) is 5.05. The maximum atomic E-state index is 10.0. The largest absolute Gasteiger partial charge is 0.508 e.